The summed E-state index contributed by atoms with van der Waals surface area (Å²) < 4.78 is 22.4. The largest absolute Gasteiger partial charge is 0.224 e. The molecular formula is C12H14O2S. The van der Waals surface area contributed by atoms with E-state index in [4.69, 9.17) is 6.42 Å². The first-order valence-corrected chi connectivity index (χ1v) is 6.57. The van der Waals surface area contributed by atoms with Gasteiger partial charge in [0.15, 0.2) is 9.84 Å². The van der Waals surface area contributed by atoms with Crippen LogP contribution in [0.15, 0.2) is 29.2 Å². The molecule has 0 heterocycles. The van der Waals surface area contributed by atoms with E-state index < -0.39 is 9.84 Å². The van der Waals surface area contributed by atoms with Crippen molar-refractivity contribution >= 4 is 9.84 Å². The van der Waals surface area contributed by atoms with Crippen LogP contribution < -0.4 is 0 Å². The van der Waals surface area contributed by atoms with Gasteiger partial charge in [0.2, 0.25) is 0 Å². The van der Waals surface area contributed by atoms with Gasteiger partial charge in [-0.15, -0.1) is 12.3 Å². The fourth-order valence-corrected chi connectivity index (χ4v) is 1.92. The Morgan fingerprint density at radius 3 is 2.27 bits per heavy atom. The Balaban J connectivity index is 2.88. The minimum absolute atomic E-state index is 0.175. The first kappa shape index (κ1) is 11.8. The molecule has 1 aromatic rings. The second-order valence-electron chi connectivity index (χ2n) is 3.69. The molecule has 0 aliphatic carbocycles. The Bertz CT molecular complexity index is 463. The number of rotatable bonds is 3. The van der Waals surface area contributed by atoms with Gasteiger partial charge in [-0.25, -0.2) is 8.42 Å². The van der Waals surface area contributed by atoms with E-state index in [9.17, 15) is 8.42 Å². The molecule has 0 radical (unpaired) electrons. The number of sulfone groups is 1. The molecule has 0 aromatic heterocycles. The second-order valence-corrected chi connectivity index (χ2v) is 5.70. The maximum absolute atomic E-state index is 11.2. The molecule has 15 heavy (non-hydrogen) atoms. The minimum atomic E-state index is -3.09. The molecule has 1 unspecified atom stereocenters. The highest BCUT2D eigenvalue weighted by molar-refractivity contribution is 7.90. The van der Waals surface area contributed by atoms with Crippen molar-refractivity contribution in [3.63, 3.8) is 0 Å². The zero-order valence-corrected chi connectivity index (χ0v) is 9.71. The molecule has 0 bridgehead atoms. The van der Waals surface area contributed by atoms with Gasteiger partial charge in [-0.2, -0.15) is 0 Å². The molecule has 0 aliphatic heterocycles. The monoisotopic (exact) mass is 222 g/mol. The van der Waals surface area contributed by atoms with Gasteiger partial charge in [0.25, 0.3) is 0 Å². The predicted octanol–water partition coefficient (Wildman–Crippen LogP) is 1.90. The van der Waals surface area contributed by atoms with Gasteiger partial charge in [-0.3, -0.25) is 0 Å². The quantitative estimate of drug-likeness (QED) is 0.732. The number of hydrogen-bond acceptors (Lipinski definition) is 2. The molecule has 2 nitrogen and oxygen atoms in total. The van der Waals surface area contributed by atoms with Crippen molar-refractivity contribution in [1.82, 2.24) is 0 Å². The van der Waals surface area contributed by atoms with Crippen LogP contribution in [0.2, 0.25) is 0 Å². The lowest BCUT2D eigenvalue weighted by Gasteiger charge is -2.04. The maximum atomic E-state index is 11.2. The summed E-state index contributed by atoms with van der Waals surface area (Å²) in [5, 5.41) is 0. The zero-order valence-electron chi connectivity index (χ0n) is 8.90. The van der Waals surface area contributed by atoms with E-state index in [0.29, 0.717) is 4.90 Å². The van der Waals surface area contributed by atoms with Crippen LogP contribution in [0.5, 0.6) is 0 Å². The Morgan fingerprint density at radius 2 is 1.87 bits per heavy atom. The van der Waals surface area contributed by atoms with Crippen LogP contribution in [0, 0.1) is 18.3 Å². The van der Waals surface area contributed by atoms with E-state index >= 15 is 0 Å². The van der Waals surface area contributed by atoms with Crippen molar-refractivity contribution in [2.75, 3.05) is 6.26 Å². The maximum Gasteiger partial charge on any atom is 0.175 e. The van der Waals surface area contributed by atoms with Crippen molar-refractivity contribution in [3.8, 4) is 12.3 Å². The van der Waals surface area contributed by atoms with Crippen molar-refractivity contribution in [2.45, 2.75) is 18.2 Å². The summed E-state index contributed by atoms with van der Waals surface area (Å²) >= 11 is 0. The molecule has 3 heteroatoms. The standard InChI is InChI=1S/C12H14O2S/c1-4-10(2)9-11-5-7-12(8-6-11)15(3,13)14/h1,5-8,10H,9H2,2-3H3. The van der Waals surface area contributed by atoms with Crippen molar-refractivity contribution in [3.05, 3.63) is 29.8 Å². The van der Waals surface area contributed by atoms with Crippen LogP contribution in [-0.2, 0) is 16.3 Å². The zero-order chi connectivity index (χ0) is 11.5. The minimum Gasteiger partial charge on any atom is -0.224 e. The van der Waals surface area contributed by atoms with Gasteiger partial charge in [-0.1, -0.05) is 19.1 Å². The summed E-state index contributed by atoms with van der Waals surface area (Å²) in [5.41, 5.74) is 1.06. The van der Waals surface area contributed by atoms with Crippen LogP contribution in [0.3, 0.4) is 0 Å². The average molecular weight is 222 g/mol. The Kier molecular flexibility index (Phi) is 3.54. The van der Waals surface area contributed by atoms with E-state index in [1.165, 1.54) is 6.26 Å². The van der Waals surface area contributed by atoms with E-state index in [1.807, 2.05) is 19.1 Å². The summed E-state index contributed by atoms with van der Waals surface area (Å²) in [7, 11) is -3.09. The molecule has 80 valence electrons. The highest BCUT2D eigenvalue weighted by Gasteiger charge is 2.06. The van der Waals surface area contributed by atoms with E-state index in [-0.39, 0.29) is 5.92 Å². The lowest BCUT2D eigenvalue weighted by atomic mass is 10.0. The molecule has 0 spiro atoms. The fraction of sp³-hybridized carbons (Fsp3) is 0.333. The van der Waals surface area contributed by atoms with Crippen molar-refractivity contribution in [2.24, 2.45) is 5.92 Å². The van der Waals surface area contributed by atoms with E-state index in [0.717, 1.165) is 12.0 Å². The molecule has 0 amide bonds. The summed E-state index contributed by atoms with van der Waals surface area (Å²) in [6, 6.07) is 6.86. The fourth-order valence-electron chi connectivity index (χ4n) is 1.29. The van der Waals surface area contributed by atoms with Gasteiger partial charge in [-0.05, 0) is 24.1 Å². The van der Waals surface area contributed by atoms with Crippen LogP contribution in [0.25, 0.3) is 0 Å². The van der Waals surface area contributed by atoms with Crippen LogP contribution >= 0.6 is 0 Å². The predicted molar refractivity (Wildman–Crippen MR) is 61.3 cm³/mol. The van der Waals surface area contributed by atoms with Gasteiger partial charge in [0, 0.05) is 12.2 Å². The lowest BCUT2D eigenvalue weighted by molar-refractivity contribution is 0.602. The number of terminal acetylenes is 1. The smallest absolute Gasteiger partial charge is 0.175 e. The van der Waals surface area contributed by atoms with Gasteiger partial charge in [0.05, 0.1) is 4.90 Å². The SMILES string of the molecule is C#CC(C)Cc1ccc(S(C)(=O)=O)cc1. The summed E-state index contributed by atoms with van der Waals surface area (Å²) in [4.78, 5) is 0.347. The van der Waals surface area contributed by atoms with Crippen LogP contribution in [0.1, 0.15) is 12.5 Å². The Hall–Kier alpha value is -1.27. The highest BCUT2D eigenvalue weighted by atomic mass is 32.2. The molecule has 1 aromatic carbocycles. The Labute approximate surface area is 91.2 Å². The summed E-state index contributed by atoms with van der Waals surface area (Å²) in [6.45, 7) is 1.96. The third-order valence-electron chi connectivity index (χ3n) is 2.18. The summed E-state index contributed by atoms with van der Waals surface area (Å²) in [6.07, 6.45) is 7.25. The summed E-state index contributed by atoms with van der Waals surface area (Å²) in [5.74, 6) is 2.82. The third kappa shape index (κ3) is 3.41. The number of benzene rings is 1. The van der Waals surface area contributed by atoms with Gasteiger partial charge in [0.1, 0.15) is 0 Å². The van der Waals surface area contributed by atoms with Gasteiger partial charge >= 0.3 is 0 Å². The lowest BCUT2D eigenvalue weighted by Crippen LogP contribution is -1.99. The third-order valence-corrected chi connectivity index (χ3v) is 3.31. The van der Waals surface area contributed by atoms with Crippen molar-refractivity contribution < 1.29 is 8.42 Å². The first-order valence-electron chi connectivity index (χ1n) is 4.68. The van der Waals surface area contributed by atoms with E-state index in [2.05, 4.69) is 5.92 Å². The highest BCUT2D eigenvalue weighted by Crippen LogP contribution is 2.13. The molecular weight excluding hydrogens is 208 g/mol. The number of hydrogen-bond donors (Lipinski definition) is 0. The molecule has 0 saturated heterocycles. The normalized spacial score (nSPS) is 13.1. The average Bonchev–Trinajstić information content (AvgIpc) is 2.17. The first-order chi connectivity index (χ1) is 6.93. The molecule has 0 saturated carbocycles. The molecule has 0 aliphatic rings. The van der Waals surface area contributed by atoms with Crippen LogP contribution in [-0.4, -0.2) is 14.7 Å². The van der Waals surface area contributed by atoms with Gasteiger partial charge < -0.3 is 0 Å². The molecule has 1 rings (SSSR count). The second kappa shape index (κ2) is 4.50. The van der Waals surface area contributed by atoms with Crippen molar-refractivity contribution in [1.29, 1.82) is 0 Å². The molecule has 0 fully saturated rings. The van der Waals surface area contributed by atoms with E-state index in [1.54, 1.807) is 12.1 Å². The van der Waals surface area contributed by atoms with Crippen LogP contribution in [0.4, 0.5) is 0 Å². The molecule has 1 atom stereocenters. The topological polar surface area (TPSA) is 34.1 Å². The molecule has 0 N–H and O–H groups in total. The Morgan fingerprint density at radius 1 is 1.33 bits per heavy atom.